The van der Waals surface area contributed by atoms with E-state index in [9.17, 15) is 4.79 Å². The summed E-state index contributed by atoms with van der Waals surface area (Å²) >= 11 is 0. The maximum atomic E-state index is 11.5. The van der Waals surface area contributed by atoms with Crippen molar-refractivity contribution in [1.82, 2.24) is 10.2 Å². The van der Waals surface area contributed by atoms with Gasteiger partial charge in [-0.1, -0.05) is 54.6 Å². The largest absolute Gasteiger partial charge is 0.388 e. The Morgan fingerprint density at radius 1 is 1.03 bits per heavy atom. The van der Waals surface area contributed by atoms with Crippen molar-refractivity contribution in [2.24, 2.45) is 0 Å². The number of rotatable bonds is 9. The summed E-state index contributed by atoms with van der Waals surface area (Å²) in [4.78, 5) is 14.1. The van der Waals surface area contributed by atoms with Crippen LogP contribution in [0.4, 0.5) is 0 Å². The lowest BCUT2D eigenvalue weighted by Crippen LogP contribution is -2.43. The fourth-order valence-electron chi connectivity index (χ4n) is 4.53. The average molecular weight is 393 g/mol. The quantitative estimate of drug-likeness (QED) is 0.642. The maximum Gasteiger partial charge on any atom is 0.188 e. The van der Waals surface area contributed by atoms with E-state index in [0.717, 1.165) is 19.4 Å². The highest BCUT2D eigenvalue weighted by molar-refractivity contribution is 5.96. The predicted molar refractivity (Wildman–Crippen MR) is 116 cm³/mol. The number of ketones is 1. The van der Waals surface area contributed by atoms with E-state index in [1.165, 1.54) is 43.5 Å². The Hall–Kier alpha value is -2.01. The summed E-state index contributed by atoms with van der Waals surface area (Å²) in [5.74, 6) is 0.502. The Kier molecular flexibility index (Phi) is 6.75. The lowest BCUT2D eigenvalue weighted by molar-refractivity contribution is 0.0903. The van der Waals surface area contributed by atoms with Gasteiger partial charge in [-0.15, -0.1) is 0 Å². The molecule has 2 N–H and O–H groups in total. The third-order valence-electron chi connectivity index (χ3n) is 6.41. The number of aliphatic hydroxyl groups is 1. The Morgan fingerprint density at radius 2 is 1.76 bits per heavy atom. The molecule has 4 heteroatoms. The fourth-order valence-corrected chi connectivity index (χ4v) is 4.53. The molecule has 1 aliphatic carbocycles. The summed E-state index contributed by atoms with van der Waals surface area (Å²) in [5, 5.41) is 12.8. The van der Waals surface area contributed by atoms with Crippen molar-refractivity contribution >= 4 is 5.78 Å². The second-order valence-electron chi connectivity index (χ2n) is 8.52. The second-order valence-corrected chi connectivity index (χ2v) is 8.52. The van der Waals surface area contributed by atoms with Crippen LogP contribution >= 0.6 is 0 Å². The normalized spacial score (nSPS) is 22.5. The zero-order valence-corrected chi connectivity index (χ0v) is 17.1. The molecule has 1 saturated carbocycles. The van der Waals surface area contributed by atoms with Crippen LogP contribution in [0, 0.1) is 0 Å². The lowest BCUT2D eigenvalue weighted by atomic mass is 10.0. The third-order valence-corrected chi connectivity index (χ3v) is 6.41. The zero-order valence-electron chi connectivity index (χ0n) is 17.1. The molecule has 2 fully saturated rings. The maximum absolute atomic E-state index is 11.5. The molecule has 1 saturated heterocycles. The van der Waals surface area contributed by atoms with Gasteiger partial charge in [0.2, 0.25) is 0 Å². The number of Topliss-reactive ketones (excluding diaryl/α,β-unsaturated/α-hetero) is 1. The molecule has 0 radical (unpaired) electrons. The summed E-state index contributed by atoms with van der Waals surface area (Å²) in [6.07, 6.45) is 5.95. The first-order chi connectivity index (χ1) is 14.2. The zero-order chi connectivity index (χ0) is 20.1. The number of nitrogens with one attached hydrogen (secondary N) is 1. The monoisotopic (exact) mass is 392 g/mol. The Bertz CT molecular complexity index is 782. The van der Waals surface area contributed by atoms with Crippen LogP contribution in [-0.4, -0.2) is 54.1 Å². The number of likely N-dealkylation sites (tertiary alicyclic amines) is 1. The number of carbonyl (C=O) groups excluding carboxylic acids is 1. The standard InChI is InChI=1S/C25H32N2O2/c28-18-25(29)21-10-8-19(9-11-21)5-4-14-27-15-12-22(13-16-27)26-24-17-23(24)20-6-2-1-3-7-20/h1-3,6-11,22-24,26,28H,4-5,12-18H2. The molecule has 2 atom stereocenters. The fraction of sp³-hybridized carbons (Fsp3) is 0.480. The number of hydrogen-bond acceptors (Lipinski definition) is 4. The number of carbonyl (C=O) groups is 1. The van der Waals surface area contributed by atoms with Crippen molar-refractivity contribution in [3.8, 4) is 0 Å². The van der Waals surface area contributed by atoms with E-state index in [1.54, 1.807) is 0 Å². The van der Waals surface area contributed by atoms with E-state index in [2.05, 4.69) is 40.5 Å². The molecule has 4 rings (SSSR count). The van der Waals surface area contributed by atoms with Crippen LogP contribution in [0.25, 0.3) is 0 Å². The van der Waals surface area contributed by atoms with Gasteiger partial charge < -0.3 is 15.3 Å². The Morgan fingerprint density at radius 3 is 2.45 bits per heavy atom. The van der Waals surface area contributed by atoms with Gasteiger partial charge >= 0.3 is 0 Å². The molecule has 2 aliphatic rings. The molecule has 2 aromatic rings. The summed E-state index contributed by atoms with van der Waals surface area (Å²) in [5.41, 5.74) is 3.34. The molecule has 4 nitrogen and oxygen atoms in total. The number of hydrogen-bond donors (Lipinski definition) is 2. The number of nitrogens with zero attached hydrogens (tertiary/aromatic N) is 1. The molecule has 0 amide bonds. The van der Waals surface area contributed by atoms with Crippen LogP contribution in [0.2, 0.25) is 0 Å². The second kappa shape index (κ2) is 9.66. The van der Waals surface area contributed by atoms with Gasteiger partial charge in [-0.3, -0.25) is 4.79 Å². The predicted octanol–water partition coefficient (Wildman–Crippen LogP) is 3.40. The minimum atomic E-state index is -0.419. The molecule has 2 unspecified atom stereocenters. The molecule has 1 aliphatic heterocycles. The first kappa shape index (κ1) is 20.3. The Balaban J connectivity index is 1.12. The topological polar surface area (TPSA) is 52.6 Å². The SMILES string of the molecule is O=C(CO)c1ccc(CCCN2CCC(NC3CC3c3ccccc3)CC2)cc1. The number of benzene rings is 2. The van der Waals surface area contributed by atoms with E-state index in [4.69, 9.17) is 5.11 Å². The molecule has 29 heavy (non-hydrogen) atoms. The molecular formula is C25H32N2O2. The van der Waals surface area contributed by atoms with Gasteiger partial charge in [0.15, 0.2) is 5.78 Å². The first-order valence-corrected chi connectivity index (χ1v) is 11.0. The highest BCUT2D eigenvalue weighted by Gasteiger charge is 2.39. The third kappa shape index (κ3) is 5.53. The molecule has 1 heterocycles. The average Bonchev–Trinajstić information content (AvgIpc) is 3.54. The van der Waals surface area contributed by atoms with Crippen molar-refractivity contribution in [3.05, 3.63) is 71.3 Å². The molecular weight excluding hydrogens is 360 g/mol. The Labute approximate surface area is 173 Å². The van der Waals surface area contributed by atoms with E-state index >= 15 is 0 Å². The van der Waals surface area contributed by atoms with E-state index in [1.807, 2.05) is 24.3 Å². The smallest absolute Gasteiger partial charge is 0.188 e. The van der Waals surface area contributed by atoms with E-state index in [0.29, 0.717) is 23.6 Å². The van der Waals surface area contributed by atoms with Crippen molar-refractivity contribution in [1.29, 1.82) is 0 Å². The molecule has 0 bridgehead atoms. The van der Waals surface area contributed by atoms with Crippen molar-refractivity contribution in [2.45, 2.75) is 50.1 Å². The van der Waals surface area contributed by atoms with Gasteiger partial charge in [0, 0.05) is 23.6 Å². The summed E-state index contributed by atoms with van der Waals surface area (Å²) in [6, 6.07) is 19.9. The van der Waals surface area contributed by atoms with Gasteiger partial charge in [0.05, 0.1) is 0 Å². The van der Waals surface area contributed by atoms with Crippen molar-refractivity contribution in [3.63, 3.8) is 0 Å². The van der Waals surface area contributed by atoms with Crippen LogP contribution in [-0.2, 0) is 6.42 Å². The van der Waals surface area contributed by atoms with Gasteiger partial charge in [-0.2, -0.15) is 0 Å². The van der Waals surface area contributed by atoms with Crippen LogP contribution in [0.3, 0.4) is 0 Å². The van der Waals surface area contributed by atoms with E-state index < -0.39 is 6.61 Å². The minimum Gasteiger partial charge on any atom is -0.388 e. The summed E-state index contributed by atoms with van der Waals surface area (Å²) < 4.78 is 0. The lowest BCUT2D eigenvalue weighted by Gasteiger charge is -2.32. The van der Waals surface area contributed by atoms with Crippen molar-refractivity contribution in [2.75, 3.05) is 26.2 Å². The molecule has 2 aromatic carbocycles. The highest BCUT2D eigenvalue weighted by atomic mass is 16.3. The van der Waals surface area contributed by atoms with Crippen molar-refractivity contribution < 1.29 is 9.90 Å². The number of aliphatic hydroxyl groups excluding tert-OH is 1. The van der Waals surface area contributed by atoms with Gasteiger partial charge in [0.1, 0.15) is 6.61 Å². The minimum absolute atomic E-state index is 0.214. The van der Waals surface area contributed by atoms with E-state index in [-0.39, 0.29) is 5.78 Å². The molecule has 0 spiro atoms. The first-order valence-electron chi connectivity index (χ1n) is 11.0. The molecule has 0 aromatic heterocycles. The van der Waals surface area contributed by atoms with Gasteiger partial charge in [-0.05, 0) is 62.9 Å². The molecule has 154 valence electrons. The summed E-state index contributed by atoms with van der Waals surface area (Å²) in [6.45, 7) is 3.09. The van der Waals surface area contributed by atoms with Gasteiger partial charge in [-0.25, -0.2) is 0 Å². The van der Waals surface area contributed by atoms with Gasteiger partial charge in [0.25, 0.3) is 0 Å². The van der Waals surface area contributed by atoms with Crippen LogP contribution in [0.1, 0.15) is 53.1 Å². The van der Waals surface area contributed by atoms with Crippen LogP contribution in [0.15, 0.2) is 54.6 Å². The number of aryl methyl sites for hydroxylation is 1. The van der Waals surface area contributed by atoms with Crippen LogP contribution < -0.4 is 5.32 Å². The van der Waals surface area contributed by atoms with Crippen LogP contribution in [0.5, 0.6) is 0 Å². The number of piperidine rings is 1. The highest BCUT2D eigenvalue weighted by Crippen LogP contribution is 2.41. The summed E-state index contributed by atoms with van der Waals surface area (Å²) in [7, 11) is 0.